The van der Waals surface area contributed by atoms with E-state index in [-0.39, 0.29) is 0 Å². The van der Waals surface area contributed by atoms with Gasteiger partial charge in [-0.3, -0.25) is 0 Å². The summed E-state index contributed by atoms with van der Waals surface area (Å²) < 4.78 is 6.53. The maximum absolute atomic E-state index is 5.80. The lowest BCUT2D eigenvalue weighted by Crippen LogP contribution is -1.96. The summed E-state index contributed by atoms with van der Waals surface area (Å²) in [6.45, 7) is 0.436. The maximum Gasteiger partial charge on any atom is 0.136 e. The molecule has 0 atom stereocenters. The van der Waals surface area contributed by atoms with Crippen molar-refractivity contribution in [2.75, 3.05) is 7.11 Å². The number of ether oxygens (including phenoxy) is 1. The normalized spacial score (nSPS) is 10.9. The highest BCUT2D eigenvalue weighted by atomic mass is 16.5. The van der Waals surface area contributed by atoms with E-state index in [1.807, 2.05) is 24.3 Å². The van der Waals surface area contributed by atoms with Crippen molar-refractivity contribution in [1.82, 2.24) is 9.55 Å². The summed E-state index contributed by atoms with van der Waals surface area (Å²) in [5.74, 6) is 0.740. The van der Waals surface area contributed by atoms with Crippen molar-refractivity contribution in [3.05, 3.63) is 37.1 Å². The zero-order valence-electron chi connectivity index (χ0n) is 7.40. The standard InChI is InChI=1S/C10H10N2O/c1-12-9-6-4-3-5-8(9)11-10(12)7-13-2/h1,3-6H,7H2,2H3. The van der Waals surface area contributed by atoms with Crippen molar-refractivity contribution < 1.29 is 4.74 Å². The van der Waals surface area contributed by atoms with Gasteiger partial charge in [-0.05, 0) is 12.1 Å². The summed E-state index contributed by atoms with van der Waals surface area (Å²) in [5.41, 5.74) is 1.83. The molecular weight excluding hydrogens is 164 g/mol. The first kappa shape index (κ1) is 8.26. The fourth-order valence-electron chi connectivity index (χ4n) is 1.33. The van der Waals surface area contributed by atoms with E-state index in [4.69, 9.17) is 11.8 Å². The zero-order valence-corrected chi connectivity index (χ0v) is 7.40. The van der Waals surface area contributed by atoms with Crippen LogP contribution in [-0.2, 0) is 11.3 Å². The van der Waals surface area contributed by atoms with Gasteiger partial charge in [0.25, 0.3) is 0 Å². The summed E-state index contributed by atoms with van der Waals surface area (Å²) >= 11 is 0. The smallest absolute Gasteiger partial charge is 0.136 e. The highest BCUT2D eigenvalue weighted by molar-refractivity contribution is 5.76. The Labute approximate surface area is 77.0 Å². The Morgan fingerprint density at radius 2 is 2.23 bits per heavy atom. The Balaban J connectivity index is 2.60. The average molecular weight is 174 g/mol. The molecule has 3 nitrogen and oxygen atoms in total. The summed E-state index contributed by atoms with van der Waals surface area (Å²) in [7, 11) is 7.42. The molecule has 0 saturated heterocycles. The molecule has 1 aromatic carbocycles. The van der Waals surface area contributed by atoms with Crippen LogP contribution in [0.5, 0.6) is 0 Å². The highest BCUT2D eigenvalue weighted by Crippen LogP contribution is 2.14. The first-order valence-electron chi connectivity index (χ1n) is 4.03. The fourth-order valence-corrected chi connectivity index (χ4v) is 1.33. The molecule has 3 heteroatoms. The largest absolute Gasteiger partial charge is 0.377 e. The molecule has 0 aliphatic heterocycles. The number of fused-ring (bicyclic) bond motifs is 1. The Kier molecular flexibility index (Phi) is 2.02. The first-order chi connectivity index (χ1) is 6.33. The molecule has 2 rings (SSSR count). The minimum Gasteiger partial charge on any atom is -0.377 e. The van der Waals surface area contributed by atoms with E-state index in [1.165, 1.54) is 0 Å². The highest BCUT2D eigenvalue weighted by Gasteiger charge is 2.05. The number of hydrogen-bond donors (Lipinski definition) is 0. The monoisotopic (exact) mass is 174 g/mol. The van der Waals surface area contributed by atoms with Crippen molar-refractivity contribution in [3.8, 4) is 0 Å². The van der Waals surface area contributed by atoms with Gasteiger partial charge in [-0.2, -0.15) is 0 Å². The van der Waals surface area contributed by atoms with E-state index in [0.29, 0.717) is 6.61 Å². The van der Waals surface area contributed by atoms with Crippen LogP contribution in [0.2, 0.25) is 0 Å². The van der Waals surface area contributed by atoms with Crippen LogP contribution in [0.3, 0.4) is 0 Å². The van der Waals surface area contributed by atoms with Gasteiger partial charge in [0.1, 0.15) is 12.4 Å². The third-order valence-corrected chi connectivity index (χ3v) is 1.94. The van der Waals surface area contributed by atoms with Crippen LogP contribution in [0.25, 0.3) is 11.0 Å². The van der Waals surface area contributed by atoms with Crippen LogP contribution in [-0.4, -0.2) is 16.7 Å². The third-order valence-electron chi connectivity index (χ3n) is 1.94. The maximum atomic E-state index is 5.80. The van der Waals surface area contributed by atoms with E-state index in [2.05, 4.69) is 4.98 Å². The lowest BCUT2D eigenvalue weighted by Gasteiger charge is -1.98. The van der Waals surface area contributed by atoms with Gasteiger partial charge in [-0.1, -0.05) is 12.1 Å². The Bertz CT molecular complexity index is 420. The number of aromatic nitrogens is 2. The molecule has 13 heavy (non-hydrogen) atoms. The van der Waals surface area contributed by atoms with E-state index >= 15 is 0 Å². The van der Waals surface area contributed by atoms with Crippen molar-refractivity contribution in [2.24, 2.45) is 0 Å². The molecule has 1 heterocycles. The zero-order chi connectivity index (χ0) is 9.26. The minimum atomic E-state index is 0.436. The first-order valence-corrected chi connectivity index (χ1v) is 4.03. The van der Waals surface area contributed by atoms with E-state index in [0.717, 1.165) is 16.9 Å². The molecule has 66 valence electrons. The van der Waals surface area contributed by atoms with Gasteiger partial charge in [0.15, 0.2) is 0 Å². The summed E-state index contributed by atoms with van der Waals surface area (Å²) in [4.78, 5) is 4.31. The number of nitrogens with zero attached hydrogens (tertiary/aromatic N) is 2. The molecule has 0 bridgehead atoms. The van der Waals surface area contributed by atoms with Crippen molar-refractivity contribution in [1.29, 1.82) is 0 Å². The quantitative estimate of drug-likeness (QED) is 0.692. The molecular formula is C10H10N2O. The molecule has 0 N–H and O–H groups in total. The van der Waals surface area contributed by atoms with Crippen LogP contribution < -0.4 is 0 Å². The predicted molar refractivity (Wildman–Crippen MR) is 50.1 cm³/mol. The van der Waals surface area contributed by atoms with Gasteiger partial charge in [0, 0.05) is 7.11 Å². The number of benzene rings is 1. The van der Waals surface area contributed by atoms with Crippen LogP contribution in [0, 0.1) is 7.05 Å². The predicted octanol–water partition coefficient (Wildman–Crippen LogP) is 1.70. The molecule has 0 aliphatic rings. The molecule has 0 fully saturated rings. The number of para-hydroxylation sites is 2. The lowest BCUT2D eigenvalue weighted by molar-refractivity contribution is 0.177. The van der Waals surface area contributed by atoms with E-state index in [9.17, 15) is 0 Å². The van der Waals surface area contributed by atoms with Gasteiger partial charge in [0.2, 0.25) is 0 Å². The Morgan fingerprint density at radius 3 is 2.92 bits per heavy atom. The number of methoxy groups -OCH3 is 1. The van der Waals surface area contributed by atoms with Crippen molar-refractivity contribution >= 4 is 11.0 Å². The van der Waals surface area contributed by atoms with E-state index < -0.39 is 0 Å². The van der Waals surface area contributed by atoms with Gasteiger partial charge in [-0.25, -0.2) is 4.98 Å². The topological polar surface area (TPSA) is 27.1 Å². The molecule has 0 aliphatic carbocycles. The van der Waals surface area contributed by atoms with Crippen LogP contribution in [0.1, 0.15) is 5.82 Å². The summed E-state index contributed by atoms with van der Waals surface area (Å²) in [6.07, 6.45) is 0. The molecule has 0 spiro atoms. The van der Waals surface area contributed by atoms with Crippen LogP contribution in [0.4, 0.5) is 0 Å². The molecule has 2 radical (unpaired) electrons. The molecule has 0 unspecified atom stereocenters. The SMILES string of the molecule is [CH]n1c(COC)nc2ccccc21. The van der Waals surface area contributed by atoms with Gasteiger partial charge in [-0.15, -0.1) is 0 Å². The molecule has 0 saturated carbocycles. The van der Waals surface area contributed by atoms with Gasteiger partial charge in [0.05, 0.1) is 18.1 Å². The number of imidazole rings is 1. The van der Waals surface area contributed by atoms with Crippen LogP contribution in [0.15, 0.2) is 24.3 Å². The Hall–Kier alpha value is -1.35. The number of hydrogen-bond acceptors (Lipinski definition) is 2. The number of rotatable bonds is 2. The minimum absolute atomic E-state index is 0.436. The Morgan fingerprint density at radius 1 is 1.46 bits per heavy atom. The summed E-state index contributed by atoms with van der Waals surface area (Å²) in [5, 5.41) is 0. The lowest BCUT2D eigenvalue weighted by atomic mass is 10.3. The third kappa shape index (κ3) is 1.31. The molecule has 1 aromatic heterocycles. The van der Waals surface area contributed by atoms with Gasteiger partial charge < -0.3 is 9.30 Å². The summed E-state index contributed by atoms with van der Waals surface area (Å²) in [6, 6.07) is 7.73. The van der Waals surface area contributed by atoms with Gasteiger partial charge >= 0.3 is 0 Å². The van der Waals surface area contributed by atoms with Crippen LogP contribution >= 0.6 is 0 Å². The fraction of sp³-hybridized carbons (Fsp3) is 0.200. The van der Waals surface area contributed by atoms with E-state index in [1.54, 1.807) is 11.7 Å². The second-order valence-corrected chi connectivity index (χ2v) is 2.82. The van der Waals surface area contributed by atoms with Crippen molar-refractivity contribution in [2.45, 2.75) is 6.61 Å². The molecule has 0 amide bonds. The van der Waals surface area contributed by atoms with Crippen molar-refractivity contribution in [3.63, 3.8) is 0 Å². The second kappa shape index (κ2) is 3.18. The molecule has 2 aromatic rings. The average Bonchev–Trinajstić information content (AvgIpc) is 2.46. The second-order valence-electron chi connectivity index (χ2n) is 2.82.